The van der Waals surface area contributed by atoms with E-state index in [9.17, 15) is 5.11 Å². The zero-order chi connectivity index (χ0) is 12.3. The zero-order valence-corrected chi connectivity index (χ0v) is 11.0. The van der Waals surface area contributed by atoms with Crippen LogP contribution in [0.15, 0.2) is 23.1 Å². The maximum Gasteiger partial charge on any atom is 0.0476 e. The molecule has 3 nitrogen and oxygen atoms in total. The van der Waals surface area contributed by atoms with Crippen molar-refractivity contribution in [1.29, 1.82) is 0 Å². The van der Waals surface area contributed by atoms with E-state index < -0.39 is 0 Å². The molecule has 0 radical (unpaired) electrons. The summed E-state index contributed by atoms with van der Waals surface area (Å²) in [6.45, 7) is 2.83. The van der Waals surface area contributed by atoms with Crippen LogP contribution in [0, 0.1) is 5.92 Å². The van der Waals surface area contributed by atoms with Crippen LogP contribution in [-0.4, -0.2) is 31.1 Å². The molecule has 1 heterocycles. The molecule has 1 fully saturated rings. The van der Waals surface area contributed by atoms with Crippen LogP contribution in [0.25, 0.3) is 0 Å². The minimum Gasteiger partial charge on any atom is -0.396 e. The van der Waals surface area contributed by atoms with E-state index in [1.165, 1.54) is 16.1 Å². The highest BCUT2D eigenvalue weighted by Gasteiger charge is 2.23. The summed E-state index contributed by atoms with van der Waals surface area (Å²) in [5, 5.41) is 9.20. The number of aliphatic hydroxyl groups excluding tert-OH is 1. The van der Waals surface area contributed by atoms with Gasteiger partial charge in [-0.2, -0.15) is 0 Å². The molecule has 1 aromatic rings. The molecule has 17 heavy (non-hydrogen) atoms. The van der Waals surface area contributed by atoms with Gasteiger partial charge in [0.2, 0.25) is 0 Å². The van der Waals surface area contributed by atoms with E-state index in [-0.39, 0.29) is 6.61 Å². The fraction of sp³-hybridized carbons (Fsp3) is 0.538. The van der Waals surface area contributed by atoms with E-state index in [1.807, 2.05) is 0 Å². The summed E-state index contributed by atoms with van der Waals surface area (Å²) in [4.78, 5) is 3.61. The van der Waals surface area contributed by atoms with Crippen molar-refractivity contribution in [3.63, 3.8) is 0 Å². The molecule has 94 valence electrons. The van der Waals surface area contributed by atoms with Crippen molar-refractivity contribution in [2.45, 2.75) is 17.9 Å². The number of anilines is 1. The van der Waals surface area contributed by atoms with E-state index >= 15 is 0 Å². The third-order valence-electron chi connectivity index (χ3n) is 3.42. The van der Waals surface area contributed by atoms with Crippen LogP contribution in [-0.2, 0) is 6.54 Å². The van der Waals surface area contributed by atoms with Gasteiger partial charge < -0.3 is 15.7 Å². The van der Waals surface area contributed by atoms with Gasteiger partial charge in [0.1, 0.15) is 0 Å². The maximum absolute atomic E-state index is 9.20. The molecule has 0 bridgehead atoms. The molecule has 1 unspecified atom stereocenters. The second kappa shape index (κ2) is 5.76. The second-order valence-electron chi connectivity index (χ2n) is 4.45. The summed E-state index contributed by atoms with van der Waals surface area (Å²) in [5.41, 5.74) is 8.35. The van der Waals surface area contributed by atoms with Crippen molar-refractivity contribution in [2.75, 3.05) is 30.9 Å². The minimum absolute atomic E-state index is 0.288. The standard InChI is InChI=1S/C13H20N2OS/c1-17-13-4-2-3-12(11(13)7-14)15-6-5-10(8-15)9-16/h2-4,10,16H,5-9,14H2,1H3. The average Bonchev–Trinajstić information content (AvgIpc) is 2.86. The molecule has 1 saturated heterocycles. The summed E-state index contributed by atoms with van der Waals surface area (Å²) < 4.78 is 0. The van der Waals surface area contributed by atoms with Crippen molar-refractivity contribution in [2.24, 2.45) is 11.7 Å². The summed E-state index contributed by atoms with van der Waals surface area (Å²) in [6.07, 6.45) is 3.16. The number of benzene rings is 1. The molecule has 0 aliphatic carbocycles. The monoisotopic (exact) mass is 252 g/mol. The largest absolute Gasteiger partial charge is 0.396 e. The van der Waals surface area contributed by atoms with Gasteiger partial charge in [-0.05, 0) is 24.8 Å². The Kier molecular flexibility index (Phi) is 4.31. The van der Waals surface area contributed by atoms with E-state index in [1.54, 1.807) is 11.8 Å². The average molecular weight is 252 g/mol. The Morgan fingerprint density at radius 1 is 1.53 bits per heavy atom. The third-order valence-corrected chi connectivity index (χ3v) is 4.24. The molecular formula is C13H20N2OS. The van der Waals surface area contributed by atoms with Crippen molar-refractivity contribution in [3.05, 3.63) is 23.8 Å². The number of aliphatic hydroxyl groups is 1. The topological polar surface area (TPSA) is 49.5 Å². The molecule has 0 aromatic heterocycles. The number of hydrogen-bond donors (Lipinski definition) is 2. The van der Waals surface area contributed by atoms with Gasteiger partial charge in [0.25, 0.3) is 0 Å². The Bertz CT molecular complexity index is 384. The number of nitrogens with two attached hydrogens (primary N) is 1. The molecule has 0 amide bonds. The normalized spacial score (nSPS) is 19.9. The predicted molar refractivity (Wildman–Crippen MR) is 73.5 cm³/mol. The minimum atomic E-state index is 0.288. The van der Waals surface area contributed by atoms with E-state index in [2.05, 4.69) is 29.4 Å². The van der Waals surface area contributed by atoms with Crippen molar-refractivity contribution < 1.29 is 5.11 Å². The Morgan fingerprint density at radius 3 is 2.94 bits per heavy atom. The molecule has 4 heteroatoms. The first-order valence-electron chi connectivity index (χ1n) is 6.02. The fourth-order valence-electron chi connectivity index (χ4n) is 2.45. The molecule has 0 saturated carbocycles. The zero-order valence-electron chi connectivity index (χ0n) is 10.2. The Hall–Kier alpha value is -0.710. The molecule has 0 spiro atoms. The van der Waals surface area contributed by atoms with E-state index in [4.69, 9.17) is 5.73 Å². The molecular weight excluding hydrogens is 232 g/mol. The number of rotatable bonds is 4. The maximum atomic E-state index is 9.20. The van der Waals surface area contributed by atoms with Gasteiger partial charge in [-0.1, -0.05) is 6.07 Å². The first-order chi connectivity index (χ1) is 8.30. The van der Waals surface area contributed by atoms with Crippen LogP contribution in [0.2, 0.25) is 0 Å². The van der Waals surface area contributed by atoms with Gasteiger partial charge >= 0.3 is 0 Å². The lowest BCUT2D eigenvalue weighted by atomic mass is 10.1. The summed E-state index contributed by atoms with van der Waals surface area (Å²) >= 11 is 1.74. The molecule has 1 aliphatic rings. The van der Waals surface area contributed by atoms with Gasteiger partial charge in [0.15, 0.2) is 0 Å². The molecule has 3 N–H and O–H groups in total. The Balaban J connectivity index is 2.26. The number of thioether (sulfide) groups is 1. The van der Waals surface area contributed by atoms with Crippen LogP contribution in [0.3, 0.4) is 0 Å². The highest BCUT2D eigenvalue weighted by molar-refractivity contribution is 7.98. The van der Waals surface area contributed by atoms with Crippen LogP contribution >= 0.6 is 11.8 Å². The lowest BCUT2D eigenvalue weighted by molar-refractivity contribution is 0.238. The second-order valence-corrected chi connectivity index (χ2v) is 5.29. The van der Waals surface area contributed by atoms with Gasteiger partial charge in [-0.25, -0.2) is 0 Å². The van der Waals surface area contributed by atoms with Crippen LogP contribution in [0.5, 0.6) is 0 Å². The number of hydrogen-bond acceptors (Lipinski definition) is 4. The van der Waals surface area contributed by atoms with Crippen molar-refractivity contribution in [1.82, 2.24) is 0 Å². The van der Waals surface area contributed by atoms with E-state index in [0.717, 1.165) is 19.5 Å². The molecule has 2 rings (SSSR count). The lowest BCUT2D eigenvalue weighted by Crippen LogP contribution is -2.22. The highest BCUT2D eigenvalue weighted by Crippen LogP contribution is 2.32. The Morgan fingerprint density at radius 2 is 2.35 bits per heavy atom. The van der Waals surface area contributed by atoms with Crippen LogP contribution < -0.4 is 10.6 Å². The van der Waals surface area contributed by atoms with Gasteiger partial charge in [0.05, 0.1) is 0 Å². The smallest absolute Gasteiger partial charge is 0.0476 e. The van der Waals surface area contributed by atoms with Crippen LogP contribution in [0.4, 0.5) is 5.69 Å². The summed E-state index contributed by atoms with van der Waals surface area (Å²) in [7, 11) is 0. The molecule has 1 atom stereocenters. The Labute approximate surface area is 107 Å². The van der Waals surface area contributed by atoms with Gasteiger partial charge in [-0.15, -0.1) is 11.8 Å². The lowest BCUT2D eigenvalue weighted by Gasteiger charge is -2.23. The van der Waals surface area contributed by atoms with Gasteiger partial charge in [-0.3, -0.25) is 0 Å². The summed E-state index contributed by atoms with van der Waals surface area (Å²) in [5.74, 6) is 0.415. The third kappa shape index (κ3) is 2.59. The predicted octanol–water partition coefficient (Wildman–Crippen LogP) is 1.69. The van der Waals surface area contributed by atoms with E-state index in [0.29, 0.717) is 12.5 Å². The first-order valence-corrected chi connectivity index (χ1v) is 7.24. The molecule has 1 aliphatic heterocycles. The molecule has 1 aromatic carbocycles. The summed E-state index contributed by atoms with van der Waals surface area (Å²) in [6, 6.07) is 6.35. The highest BCUT2D eigenvalue weighted by atomic mass is 32.2. The van der Waals surface area contributed by atoms with Crippen molar-refractivity contribution in [3.8, 4) is 0 Å². The first kappa shape index (κ1) is 12.7. The van der Waals surface area contributed by atoms with Gasteiger partial charge in [0, 0.05) is 48.3 Å². The fourth-order valence-corrected chi connectivity index (χ4v) is 3.10. The number of nitrogens with zero attached hydrogens (tertiary/aromatic N) is 1. The quantitative estimate of drug-likeness (QED) is 0.801. The van der Waals surface area contributed by atoms with Crippen molar-refractivity contribution >= 4 is 17.4 Å². The van der Waals surface area contributed by atoms with Crippen LogP contribution in [0.1, 0.15) is 12.0 Å². The SMILES string of the molecule is CSc1cccc(N2CCC(CO)C2)c1CN.